The van der Waals surface area contributed by atoms with Crippen LogP contribution in [0.1, 0.15) is 30.0 Å². The molecule has 0 spiro atoms. The Balaban J connectivity index is 1.96. The van der Waals surface area contributed by atoms with Crippen molar-refractivity contribution in [3.63, 3.8) is 0 Å². The van der Waals surface area contributed by atoms with E-state index in [-0.39, 0.29) is 12.6 Å². The zero-order chi connectivity index (χ0) is 13.8. The predicted octanol–water partition coefficient (Wildman–Crippen LogP) is 2.90. The summed E-state index contributed by atoms with van der Waals surface area (Å²) in [7, 11) is 0. The van der Waals surface area contributed by atoms with Crippen LogP contribution in [-0.4, -0.2) is 5.11 Å². The summed E-state index contributed by atoms with van der Waals surface area (Å²) in [6.45, 7) is 2.15. The number of aliphatic hydroxyl groups is 1. The molecule has 1 aromatic heterocycles. The first-order valence-corrected chi connectivity index (χ1v) is 5.97. The molecule has 0 radical (unpaired) electrons. The molecule has 1 heterocycles. The van der Waals surface area contributed by atoms with Gasteiger partial charge in [-0.2, -0.15) is 0 Å². The van der Waals surface area contributed by atoms with Crippen LogP contribution in [0, 0.1) is 11.6 Å². The van der Waals surface area contributed by atoms with Crippen LogP contribution in [0.2, 0.25) is 0 Å². The Hall–Kier alpha value is -1.72. The molecule has 5 heteroatoms. The predicted molar refractivity (Wildman–Crippen MR) is 66.2 cm³/mol. The van der Waals surface area contributed by atoms with Gasteiger partial charge < -0.3 is 14.8 Å². The third kappa shape index (κ3) is 3.39. The van der Waals surface area contributed by atoms with Crippen molar-refractivity contribution in [2.24, 2.45) is 0 Å². The molecule has 3 nitrogen and oxygen atoms in total. The monoisotopic (exact) mass is 267 g/mol. The summed E-state index contributed by atoms with van der Waals surface area (Å²) in [5, 5.41) is 12.0. The van der Waals surface area contributed by atoms with Gasteiger partial charge in [-0.15, -0.1) is 0 Å². The molecule has 1 atom stereocenters. The molecule has 19 heavy (non-hydrogen) atoms. The number of aliphatic hydroxyl groups excluding tert-OH is 1. The maximum atomic E-state index is 13.1. The normalized spacial score (nSPS) is 12.6. The van der Waals surface area contributed by atoms with Crippen LogP contribution in [0.3, 0.4) is 0 Å². The molecule has 102 valence electrons. The van der Waals surface area contributed by atoms with Crippen LogP contribution in [0.15, 0.2) is 34.7 Å². The summed E-state index contributed by atoms with van der Waals surface area (Å²) in [6.07, 6.45) is 0. The molecule has 0 aliphatic carbocycles. The minimum atomic E-state index is -0.855. The van der Waals surface area contributed by atoms with Crippen LogP contribution >= 0.6 is 0 Å². The lowest BCUT2D eigenvalue weighted by Gasteiger charge is -2.13. The van der Waals surface area contributed by atoms with Gasteiger partial charge in [0.2, 0.25) is 0 Å². The standard InChI is InChI=1S/C14H15F2NO2/c1-9(10-2-5-13(15)14(16)6-10)17-7-11-3-4-12(8-18)19-11/h2-6,9,17-18H,7-8H2,1H3. The van der Waals surface area contributed by atoms with Crippen molar-refractivity contribution in [3.8, 4) is 0 Å². The number of halogens is 2. The number of hydrogen-bond acceptors (Lipinski definition) is 3. The molecule has 0 aliphatic rings. The van der Waals surface area contributed by atoms with Crippen molar-refractivity contribution in [2.75, 3.05) is 0 Å². The van der Waals surface area contributed by atoms with Crippen LogP contribution in [0.5, 0.6) is 0 Å². The molecule has 1 aromatic carbocycles. The van der Waals surface area contributed by atoms with Gasteiger partial charge in [-0.05, 0) is 36.8 Å². The van der Waals surface area contributed by atoms with E-state index < -0.39 is 11.6 Å². The largest absolute Gasteiger partial charge is 0.462 e. The van der Waals surface area contributed by atoms with E-state index in [1.54, 1.807) is 12.1 Å². The fraction of sp³-hybridized carbons (Fsp3) is 0.286. The highest BCUT2D eigenvalue weighted by atomic mass is 19.2. The maximum Gasteiger partial charge on any atom is 0.159 e. The zero-order valence-corrected chi connectivity index (χ0v) is 10.5. The Labute approximate surface area is 109 Å². The van der Waals surface area contributed by atoms with Crippen LogP contribution in [0.25, 0.3) is 0 Å². The van der Waals surface area contributed by atoms with Crippen molar-refractivity contribution in [3.05, 3.63) is 59.1 Å². The summed E-state index contributed by atoms with van der Waals surface area (Å²) in [4.78, 5) is 0. The second-order valence-corrected chi connectivity index (χ2v) is 4.30. The lowest BCUT2D eigenvalue weighted by Crippen LogP contribution is -2.18. The van der Waals surface area contributed by atoms with E-state index in [2.05, 4.69) is 5.32 Å². The van der Waals surface area contributed by atoms with E-state index >= 15 is 0 Å². The summed E-state index contributed by atoms with van der Waals surface area (Å²) >= 11 is 0. The molecular weight excluding hydrogens is 252 g/mol. The third-order valence-corrected chi connectivity index (χ3v) is 2.90. The average molecular weight is 267 g/mol. The van der Waals surface area contributed by atoms with Gasteiger partial charge in [-0.1, -0.05) is 6.07 Å². The highest BCUT2D eigenvalue weighted by Gasteiger charge is 2.10. The topological polar surface area (TPSA) is 45.4 Å². The van der Waals surface area contributed by atoms with Gasteiger partial charge in [0.25, 0.3) is 0 Å². The van der Waals surface area contributed by atoms with Crippen LogP contribution < -0.4 is 5.32 Å². The van der Waals surface area contributed by atoms with Gasteiger partial charge in [0.1, 0.15) is 18.1 Å². The van der Waals surface area contributed by atoms with E-state index in [4.69, 9.17) is 9.52 Å². The van der Waals surface area contributed by atoms with E-state index in [0.29, 0.717) is 23.6 Å². The number of nitrogens with one attached hydrogen (secondary N) is 1. The lowest BCUT2D eigenvalue weighted by atomic mass is 10.1. The molecule has 0 saturated heterocycles. The number of hydrogen-bond donors (Lipinski definition) is 2. The highest BCUT2D eigenvalue weighted by Crippen LogP contribution is 2.17. The first-order valence-electron chi connectivity index (χ1n) is 5.97. The van der Waals surface area contributed by atoms with Gasteiger partial charge in [-0.25, -0.2) is 8.78 Å². The number of benzene rings is 1. The SMILES string of the molecule is CC(NCc1ccc(CO)o1)c1ccc(F)c(F)c1. The van der Waals surface area contributed by atoms with Gasteiger partial charge in [-0.3, -0.25) is 0 Å². The van der Waals surface area contributed by atoms with Crippen molar-refractivity contribution in [2.45, 2.75) is 26.1 Å². The van der Waals surface area contributed by atoms with E-state index in [1.807, 2.05) is 6.92 Å². The quantitative estimate of drug-likeness (QED) is 0.875. The summed E-state index contributed by atoms with van der Waals surface area (Å²) in [6, 6.07) is 7.14. The minimum absolute atomic E-state index is 0.140. The van der Waals surface area contributed by atoms with E-state index in [9.17, 15) is 8.78 Å². The van der Waals surface area contributed by atoms with Gasteiger partial charge in [0.05, 0.1) is 6.54 Å². The number of rotatable bonds is 5. The molecule has 0 amide bonds. The molecule has 2 rings (SSSR count). The Bertz CT molecular complexity index is 554. The van der Waals surface area contributed by atoms with Crippen LogP contribution in [0.4, 0.5) is 8.78 Å². The van der Waals surface area contributed by atoms with Crippen molar-refractivity contribution < 1.29 is 18.3 Å². The van der Waals surface area contributed by atoms with Crippen molar-refractivity contribution in [1.29, 1.82) is 0 Å². The fourth-order valence-electron chi connectivity index (χ4n) is 1.76. The van der Waals surface area contributed by atoms with Gasteiger partial charge in [0, 0.05) is 6.04 Å². The molecule has 0 saturated carbocycles. The summed E-state index contributed by atoms with van der Waals surface area (Å²) in [5.74, 6) is -0.531. The Morgan fingerprint density at radius 2 is 1.89 bits per heavy atom. The maximum absolute atomic E-state index is 13.1. The zero-order valence-electron chi connectivity index (χ0n) is 10.5. The van der Waals surface area contributed by atoms with Gasteiger partial charge >= 0.3 is 0 Å². The molecule has 2 aromatic rings. The lowest BCUT2D eigenvalue weighted by molar-refractivity contribution is 0.242. The molecule has 0 fully saturated rings. The third-order valence-electron chi connectivity index (χ3n) is 2.90. The summed E-state index contributed by atoms with van der Waals surface area (Å²) < 4.78 is 31.2. The van der Waals surface area contributed by atoms with Crippen molar-refractivity contribution in [1.82, 2.24) is 5.32 Å². The number of furan rings is 1. The van der Waals surface area contributed by atoms with Crippen molar-refractivity contribution >= 4 is 0 Å². The minimum Gasteiger partial charge on any atom is -0.462 e. The highest BCUT2D eigenvalue weighted by molar-refractivity contribution is 5.21. The fourth-order valence-corrected chi connectivity index (χ4v) is 1.76. The van der Waals surface area contributed by atoms with Crippen LogP contribution in [-0.2, 0) is 13.2 Å². The second-order valence-electron chi connectivity index (χ2n) is 4.30. The smallest absolute Gasteiger partial charge is 0.159 e. The second kappa shape index (κ2) is 5.95. The molecule has 1 unspecified atom stereocenters. The molecular formula is C14H15F2NO2. The first kappa shape index (κ1) is 13.7. The molecule has 0 bridgehead atoms. The first-order chi connectivity index (χ1) is 9.10. The Kier molecular flexibility index (Phi) is 4.29. The molecule has 0 aliphatic heterocycles. The van der Waals surface area contributed by atoms with E-state index in [1.165, 1.54) is 12.1 Å². The molecule has 2 N–H and O–H groups in total. The summed E-state index contributed by atoms with van der Waals surface area (Å²) in [5.41, 5.74) is 0.660. The average Bonchev–Trinajstić information content (AvgIpc) is 2.87. The Morgan fingerprint density at radius 1 is 1.16 bits per heavy atom. The van der Waals surface area contributed by atoms with E-state index in [0.717, 1.165) is 6.07 Å². The van der Waals surface area contributed by atoms with Gasteiger partial charge in [0.15, 0.2) is 11.6 Å². The Morgan fingerprint density at radius 3 is 2.53 bits per heavy atom.